The van der Waals surface area contributed by atoms with E-state index in [0.29, 0.717) is 19.4 Å². The summed E-state index contributed by atoms with van der Waals surface area (Å²) in [6, 6.07) is 0. The van der Waals surface area contributed by atoms with Crippen LogP contribution in [-0.2, 0) is 14.4 Å². The number of carboxylic acid groups (broad SMARTS) is 2. The van der Waals surface area contributed by atoms with Crippen LogP contribution in [0.5, 0.6) is 0 Å². The van der Waals surface area contributed by atoms with Gasteiger partial charge in [0, 0.05) is 25.9 Å². The van der Waals surface area contributed by atoms with E-state index in [2.05, 4.69) is 0 Å². The molecule has 2 N–H and O–H groups in total. The molecule has 0 fully saturated rings. The van der Waals surface area contributed by atoms with Gasteiger partial charge in [0.05, 0.1) is 6.42 Å². The van der Waals surface area contributed by atoms with Crippen LogP contribution in [0.1, 0.15) is 45.4 Å². The SMILES string of the molecule is CCCCC(=O)N(CCCC(=O)O)CCC(=O)O. The molecule has 104 valence electrons. The van der Waals surface area contributed by atoms with E-state index in [9.17, 15) is 14.4 Å². The van der Waals surface area contributed by atoms with Crippen molar-refractivity contribution in [1.82, 2.24) is 4.90 Å². The normalized spacial score (nSPS) is 10.1. The molecule has 0 bridgehead atoms. The molecule has 0 aliphatic heterocycles. The smallest absolute Gasteiger partial charge is 0.305 e. The fraction of sp³-hybridized carbons (Fsp3) is 0.750. The van der Waals surface area contributed by atoms with Crippen molar-refractivity contribution >= 4 is 17.8 Å². The highest BCUT2D eigenvalue weighted by molar-refractivity contribution is 5.77. The molecular weight excluding hydrogens is 238 g/mol. The zero-order chi connectivity index (χ0) is 14.0. The van der Waals surface area contributed by atoms with Gasteiger partial charge in [0.25, 0.3) is 0 Å². The summed E-state index contributed by atoms with van der Waals surface area (Å²) in [5.41, 5.74) is 0. The predicted octanol–water partition coefficient (Wildman–Crippen LogP) is 1.34. The molecule has 6 nitrogen and oxygen atoms in total. The first-order valence-corrected chi connectivity index (χ1v) is 6.18. The summed E-state index contributed by atoms with van der Waals surface area (Å²) in [6.45, 7) is 2.43. The number of carbonyl (C=O) groups is 3. The summed E-state index contributed by atoms with van der Waals surface area (Å²) in [6.07, 6.45) is 2.29. The number of hydrogen-bond acceptors (Lipinski definition) is 3. The van der Waals surface area contributed by atoms with Crippen LogP contribution in [0, 0.1) is 0 Å². The van der Waals surface area contributed by atoms with E-state index < -0.39 is 11.9 Å². The number of aliphatic carboxylic acids is 2. The minimum absolute atomic E-state index is 0.00930. The molecule has 18 heavy (non-hydrogen) atoms. The minimum Gasteiger partial charge on any atom is -0.481 e. The van der Waals surface area contributed by atoms with E-state index in [1.165, 1.54) is 4.90 Å². The first-order valence-electron chi connectivity index (χ1n) is 6.18. The Labute approximate surface area is 107 Å². The third-order valence-electron chi connectivity index (χ3n) is 2.51. The van der Waals surface area contributed by atoms with Crippen molar-refractivity contribution in [3.8, 4) is 0 Å². The van der Waals surface area contributed by atoms with Gasteiger partial charge in [0.15, 0.2) is 0 Å². The van der Waals surface area contributed by atoms with E-state index in [-0.39, 0.29) is 25.3 Å². The highest BCUT2D eigenvalue weighted by Crippen LogP contribution is 2.04. The molecule has 0 aromatic carbocycles. The van der Waals surface area contributed by atoms with Gasteiger partial charge in [-0.05, 0) is 12.8 Å². The molecule has 0 aliphatic carbocycles. The molecule has 0 heterocycles. The van der Waals surface area contributed by atoms with Crippen LogP contribution in [0.2, 0.25) is 0 Å². The summed E-state index contributed by atoms with van der Waals surface area (Å²) < 4.78 is 0. The summed E-state index contributed by atoms with van der Waals surface area (Å²) in [4.78, 5) is 34.1. The Hall–Kier alpha value is -1.59. The van der Waals surface area contributed by atoms with Crippen molar-refractivity contribution in [2.45, 2.75) is 45.4 Å². The first kappa shape index (κ1) is 16.4. The lowest BCUT2D eigenvalue weighted by Gasteiger charge is -2.21. The van der Waals surface area contributed by atoms with Crippen molar-refractivity contribution in [2.24, 2.45) is 0 Å². The molecule has 0 saturated heterocycles. The number of nitrogens with zero attached hydrogens (tertiary/aromatic N) is 1. The molecule has 0 radical (unpaired) electrons. The van der Waals surface area contributed by atoms with Gasteiger partial charge in [0.1, 0.15) is 0 Å². The standard InChI is InChI=1S/C12H21NO5/c1-2-3-5-10(14)13(9-7-12(17)18)8-4-6-11(15)16/h2-9H2,1H3,(H,15,16)(H,17,18). The maximum Gasteiger partial charge on any atom is 0.305 e. The van der Waals surface area contributed by atoms with Crippen LogP contribution in [0.15, 0.2) is 0 Å². The Morgan fingerprint density at radius 3 is 2.00 bits per heavy atom. The predicted molar refractivity (Wildman–Crippen MR) is 65.2 cm³/mol. The number of carbonyl (C=O) groups excluding carboxylic acids is 1. The minimum atomic E-state index is -0.957. The summed E-state index contributed by atoms with van der Waals surface area (Å²) in [5.74, 6) is -1.96. The Kier molecular flexibility index (Phi) is 8.61. The van der Waals surface area contributed by atoms with Gasteiger partial charge in [-0.2, -0.15) is 0 Å². The fourth-order valence-electron chi connectivity index (χ4n) is 1.50. The summed E-state index contributed by atoms with van der Waals surface area (Å²) in [7, 11) is 0. The van der Waals surface area contributed by atoms with Crippen LogP contribution < -0.4 is 0 Å². The second-order valence-electron chi connectivity index (χ2n) is 4.13. The third-order valence-corrected chi connectivity index (χ3v) is 2.51. The average molecular weight is 259 g/mol. The molecule has 0 saturated carbocycles. The fourth-order valence-corrected chi connectivity index (χ4v) is 1.50. The van der Waals surface area contributed by atoms with Crippen LogP contribution in [0.4, 0.5) is 0 Å². The summed E-state index contributed by atoms with van der Waals surface area (Å²) >= 11 is 0. The second-order valence-corrected chi connectivity index (χ2v) is 4.13. The number of amides is 1. The lowest BCUT2D eigenvalue weighted by molar-refractivity contribution is -0.140. The Morgan fingerprint density at radius 2 is 1.50 bits per heavy atom. The molecule has 1 amide bonds. The number of rotatable bonds is 10. The van der Waals surface area contributed by atoms with Crippen molar-refractivity contribution in [2.75, 3.05) is 13.1 Å². The molecule has 0 spiro atoms. The Bertz CT molecular complexity index is 290. The zero-order valence-electron chi connectivity index (χ0n) is 10.7. The van der Waals surface area contributed by atoms with E-state index in [0.717, 1.165) is 12.8 Å². The molecule has 0 atom stereocenters. The molecule has 0 aromatic heterocycles. The van der Waals surface area contributed by atoms with Gasteiger partial charge in [-0.1, -0.05) is 13.3 Å². The maximum absolute atomic E-state index is 11.8. The van der Waals surface area contributed by atoms with Gasteiger partial charge in [-0.25, -0.2) is 0 Å². The Morgan fingerprint density at radius 1 is 0.889 bits per heavy atom. The molecule has 0 aromatic rings. The van der Waals surface area contributed by atoms with E-state index in [4.69, 9.17) is 10.2 Å². The van der Waals surface area contributed by atoms with Gasteiger partial charge >= 0.3 is 11.9 Å². The van der Waals surface area contributed by atoms with Gasteiger partial charge < -0.3 is 15.1 Å². The topological polar surface area (TPSA) is 94.9 Å². The highest BCUT2D eigenvalue weighted by atomic mass is 16.4. The van der Waals surface area contributed by atoms with Crippen LogP contribution in [0.25, 0.3) is 0 Å². The van der Waals surface area contributed by atoms with Gasteiger partial charge in [-0.15, -0.1) is 0 Å². The third kappa shape index (κ3) is 8.55. The van der Waals surface area contributed by atoms with E-state index in [1.807, 2.05) is 6.92 Å². The lowest BCUT2D eigenvalue weighted by Crippen LogP contribution is -2.34. The van der Waals surface area contributed by atoms with Crippen molar-refractivity contribution in [1.29, 1.82) is 0 Å². The van der Waals surface area contributed by atoms with Gasteiger partial charge in [0.2, 0.25) is 5.91 Å². The second kappa shape index (κ2) is 9.44. The van der Waals surface area contributed by atoms with Crippen LogP contribution >= 0.6 is 0 Å². The number of unbranched alkanes of at least 4 members (excludes halogenated alkanes) is 1. The average Bonchev–Trinajstić information content (AvgIpc) is 2.29. The highest BCUT2D eigenvalue weighted by Gasteiger charge is 2.14. The van der Waals surface area contributed by atoms with Crippen LogP contribution in [0.3, 0.4) is 0 Å². The zero-order valence-corrected chi connectivity index (χ0v) is 10.7. The first-order chi connectivity index (χ1) is 8.47. The molecule has 6 heteroatoms. The largest absolute Gasteiger partial charge is 0.481 e. The van der Waals surface area contributed by atoms with Crippen molar-refractivity contribution < 1.29 is 24.6 Å². The van der Waals surface area contributed by atoms with E-state index >= 15 is 0 Å². The molecule has 0 rings (SSSR count). The Balaban J connectivity index is 4.17. The number of carboxylic acids is 2. The quantitative estimate of drug-likeness (QED) is 0.617. The van der Waals surface area contributed by atoms with E-state index in [1.54, 1.807) is 0 Å². The monoisotopic (exact) mass is 259 g/mol. The van der Waals surface area contributed by atoms with Gasteiger partial charge in [-0.3, -0.25) is 14.4 Å². The number of hydrogen-bond donors (Lipinski definition) is 2. The molecular formula is C12H21NO5. The molecule has 0 aliphatic rings. The molecule has 0 unspecified atom stereocenters. The van der Waals surface area contributed by atoms with Crippen LogP contribution in [-0.4, -0.2) is 46.0 Å². The lowest BCUT2D eigenvalue weighted by atomic mass is 10.2. The summed E-state index contributed by atoms with van der Waals surface area (Å²) in [5, 5.41) is 17.1. The van der Waals surface area contributed by atoms with Crippen molar-refractivity contribution in [3.05, 3.63) is 0 Å². The van der Waals surface area contributed by atoms with Crippen molar-refractivity contribution in [3.63, 3.8) is 0 Å². The maximum atomic E-state index is 11.8.